The Morgan fingerprint density at radius 2 is 1.83 bits per heavy atom. The van der Waals surface area contributed by atoms with Crippen LogP contribution in [0.5, 0.6) is 17.2 Å². The number of para-hydroxylation sites is 1. The molecule has 0 bridgehead atoms. The maximum Gasteiger partial charge on any atom is 0.417 e. The molecule has 3 aromatic carbocycles. The van der Waals surface area contributed by atoms with E-state index in [0.29, 0.717) is 23.7 Å². The minimum atomic E-state index is -0.560. The van der Waals surface area contributed by atoms with Crippen LogP contribution in [0.15, 0.2) is 73.3 Å². The van der Waals surface area contributed by atoms with Gasteiger partial charge < -0.3 is 19.5 Å². The SMILES string of the molecule is C=C(NCc1ccc2c(c1)OCO2)c1cc(C)ccc1NC(=O)Oc1ccccc1. The van der Waals surface area contributed by atoms with Gasteiger partial charge in [-0.25, -0.2) is 4.79 Å². The van der Waals surface area contributed by atoms with Gasteiger partial charge in [0.1, 0.15) is 5.75 Å². The summed E-state index contributed by atoms with van der Waals surface area (Å²) in [6.45, 7) is 6.93. The van der Waals surface area contributed by atoms with Gasteiger partial charge in [0, 0.05) is 17.8 Å². The van der Waals surface area contributed by atoms with Crippen LogP contribution < -0.4 is 24.8 Å². The maximum absolute atomic E-state index is 12.3. The summed E-state index contributed by atoms with van der Waals surface area (Å²) in [5.41, 5.74) is 4.18. The smallest absolute Gasteiger partial charge is 0.417 e. The molecule has 3 aromatic rings. The number of aryl methyl sites for hydroxylation is 1. The second-order valence-electron chi connectivity index (χ2n) is 6.90. The van der Waals surface area contributed by atoms with Crippen LogP contribution in [0.4, 0.5) is 10.5 Å². The van der Waals surface area contributed by atoms with Gasteiger partial charge in [-0.3, -0.25) is 5.32 Å². The molecule has 4 rings (SSSR count). The lowest BCUT2D eigenvalue weighted by molar-refractivity contribution is 0.174. The summed E-state index contributed by atoms with van der Waals surface area (Å²) in [6, 6.07) is 20.5. The quantitative estimate of drug-likeness (QED) is 0.601. The van der Waals surface area contributed by atoms with E-state index in [9.17, 15) is 4.79 Å². The molecule has 6 nitrogen and oxygen atoms in total. The Morgan fingerprint density at radius 3 is 2.67 bits per heavy atom. The molecule has 6 heteroatoms. The van der Waals surface area contributed by atoms with Crippen LogP contribution in [0.1, 0.15) is 16.7 Å². The van der Waals surface area contributed by atoms with Crippen molar-refractivity contribution in [3.63, 3.8) is 0 Å². The van der Waals surface area contributed by atoms with Crippen LogP contribution in [0.25, 0.3) is 5.70 Å². The number of nitrogens with one attached hydrogen (secondary N) is 2. The van der Waals surface area contributed by atoms with Crippen molar-refractivity contribution in [3.8, 4) is 17.2 Å². The molecule has 0 unspecified atom stereocenters. The first-order chi connectivity index (χ1) is 14.6. The molecule has 0 aromatic heterocycles. The number of carbonyl (C=O) groups is 1. The minimum Gasteiger partial charge on any atom is -0.454 e. The van der Waals surface area contributed by atoms with E-state index in [4.69, 9.17) is 14.2 Å². The van der Waals surface area contributed by atoms with Gasteiger partial charge in [0.2, 0.25) is 6.79 Å². The van der Waals surface area contributed by atoms with Gasteiger partial charge in [-0.1, -0.05) is 42.5 Å². The van der Waals surface area contributed by atoms with Crippen molar-refractivity contribution < 1.29 is 19.0 Å². The molecule has 30 heavy (non-hydrogen) atoms. The summed E-state index contributed by atoms with van der Waals surface area (Å²) in [5.74, 6) is 1.96. The van der Waals surface area contributed by atoms with E-state index in [0.717, 1.165) is 28.2 Å². The Balaban J connectivity index is 1.44. The van der Waals surface area contributed by atoms with Crippen molar-refractivity contribution in [1.82, 2.24) is 5.32 Å². The molecular formula is C24H22N2O4. The van der Waals surface area contributed by atoms with Gasteiger partial charge in [-0.05, 0) is 48.9 Å². The van der Waals surface area contributed by atoms with E-state index in [2.05, 4.69) is 17.2 Å². The highest BCUT2D eigenvalue weighted by Crippen LogP contribution is 2.32. The van der Waals surface area contributed by atoms with Gasteiger partial charge in [-0.2, -0.15) is 0 Å². The number of amides is 1. The maximum atomic E-state index is 12.3. The minimum absolute atomic E-state index is 0.246. The Kier molecular flexibility index (Phi) is 5.57. The molecule has 1 aliphatic heterocycles. The third-order valence-corrected chi connectivity index (χ3v) is 4.63. The van der Waals surface area contributed by atoms with Crippen LogP contribution in [0, 0.1) is 6.92 Å². The molecular weight excluding hydrogens is 380 g/mol. The van der Waals surface area contributed by atoms with Crippen LogP contribution in [-0.2, 0) is 6.54 Å². The van der Waals surface area contributed by atoms with Crippen molar-refractivity contribution in [2.75, 3.05) is 12.1 Å². The van der Waals surface area contributed by atoms with Crippen molar-refractivity contribution in [2.24, 2.45) is 0 Å². The van der Waals surface area contributed by atoms with E-state index >= 15 is 0 Å². The van der Waals surface area contributed by atoms with Gasteiger partial charge in [0.05, 0.1) is 5.69 Å². The molecule has 2 N–H and O–H groups in total. The summed E-state index contributed by atoms with van der Waals surface area (Å²) in [6.07, 6.45) is -0.560. The zero-order valence-corrected chi connectivity index (χ0v) is 16.6. The highest BCUT2D eigenvalue weighted by atomic mass is 16.7. The number of benzene rings is 3. The van der Waals surface area contributed by atoms with Crippen LogP contribution in [-0.4, -0.2) is 12.9 Å². The fraction of sp³-hybridized carbons (Fsp3) is 0.125. The first-order valence-electron chi connectivity index (χ1n) is 9.55. The highest BCUT2D eigenvalue weighted by Gasteiger charge is 2.14. The predicted octanol–water partition coefficient (Wildman–Crippen LogP) is 5.10. The number of rotatable bonds is 6. The molecule has 1 aliphatic rings. The standard InChI is InChI=1S/C24H22N2O4/c1-16-8-10-21(26-24(27)30-19-6-4-3-5-7-19)20(12-16)17(2)25-14-18-9-11-22-23(13-18)29-15-28-22/h3-13,25H,2,14-15H2,1H3,(H,26,27). The number of hydrogen-bond donors (Lipinski definition) is 2. The Morgan fingerprint density at radius 1 is 1.03 bits per heavy atom. The third kappa shape index (κ3) is 4.55. The molecule has 0 fully saturated rings. The normalized spacial score (nSPS) is 11.6. The lowest BCUT2D eigenvalue weighted by Gasteiger charge is -2.16. The Hall–Kier alpha value is -3.93. The van der Waals surface area contributed by atoms with Crippen molar-refractivity contribution in [1.29, 1.82) is 0 Å². The number of carbonyl (C=O) groups excluding carboxylic acids is 1. The zero-order valence-electron chi connectivity index (χ0n) is 16.6. The number of hydrogen-bond acceptors (Lipinski definition) is 5. The monoisotopic (exact) mass is 402 g/mol. The summed E-state index contributed by atoms with van der Waals surface area (Å²) in [4.78, 5) is 12.3. The van der Waals surface area contributed by atoms with Crippen molar-refractivity contribution in [2.45, 2.75) is 13.5 Å². The van der Waals surface area contributed by atoms with Crippen molar-refractivity contribution in [3.05, 3.63) is 90.0 Å². The summed E-state index contributed by atoms with van der Waals surface area (Å²) in [7, 11) is 0. The van der Waals surface area contributed by atoms with E-state index in [1.807, 2.05) is 61.5 Å². The van der Waals surface area contributed by atoms with Gasteiger partial charge >= 0.3 is 6.09 Å². The molecule has 0 aliphatic carbocycles. The zero-order chi connectivity index (χ0) is 20.9. The Bertz CT molecular complexity index is 1080. The second-order valence-corrected chi connectivity index (χ2v) is 6.90. The first-order valence-corrected chi connectivity index (χ1v) is 9.55. The second kappa shape index (κ2) is 8.61. The molecule has 152 valence electrons. The fourth-order valence-corrected chi connectivity index (χ4v) is 3.10. The van der Waals surface area contributed by atoms with Crippen LogP contribution in [0.2, 0.25) is 0 Å². The molecule has 0 saturated carbocycles. The van der Waals surface area contributed by atoms with E-state index < -0.39 is 6.09 Å². The van der Waals surface area contributed by atoms with Gasteiger partial charge in [-0.15, -0.1) is 0 Å². The van der Waals surface area contributed by atoms with Gasteiger partial charge in [0.25, 0.3) is 0 Å². The molecule has 0 saturated heterocycles. The van der Waals surface area contributed by atoms with Gasteiger partial charge in [0.15, 0.2) is 11.5 Å². The predicted molar refractivity (Wildman–Crippen MR) is 116 cm³/mol. The van der Waals surface area contributed by atoms with Crippen LogP contribution in [0.3, 0.4) is 0 Å². The summed E-state index contributed by atoms with van der Waals surface area (Å²) >= 11 is 0. The lowest BCUT2D eigenvalue weighted by atomic mass is 10.1. The van der Waals surface area contributed by atoms with E-state index in [-0.39, 0.29) is 6.79 Å². The average Bonchev–Trinajstić information content (AvgIpc) is 3.22. The fourth-order valence-electron chi connectivity index (χ4n) is 3.10. The van der Waals surface area contributed by atoms with Crippen LogP contribution >= 0.6 is 0 Å². The summed E-state index contributed by atoms with van der Waals surface area (Å²) in [5, 5.41) is 6.11. The number of anilines is 1. The molecule has 0 radical (unpaired) electrons. The topological polar surface area (TPSA) is 68.8 Å². The lowest BCUT2D eigenvalue weighted by Crippen LogP contribution is -2.19. The highest BCUT2D eigenvalue weighted by molar-refractivity contribution is 5.90. The summed E-state index contributed by atoms with van der Waals surface area (Å²) < 4.78 is 16.1. The Labute approximate surface area is 175 Å². The third-order valence-electron chi connectivity index (χ3n) is 4.63. The average molecular weight is 402 g/mol. The van der Waals surface area contributed by atoms with E-state index in [1.165, 1.54) is 0 Å². The van der Waals surface area contributed by atoms with Crippen molar-refractivity contribution >= 4 is 17.5 Å². The largest absolute Gasteiger partial charge is 0.454 e. The first kappa shape index (κ1) is 19.4. The number of fused-ring (bicyclic) bond motifs is 1. The molecule has 0 spiro atoms. The van der Waals surface area contributed by atoms with E-state index in [1.54, 1.807) is 12.1 Å². The molecule has 1 amide bonds. The molecule has 0 atom stereocenters. The molecule has 1 heterocycles. The number of ether oxygens (including phenoxy) is 3.